The van der Waals surface area contributed by atoms with E-state index in [-0.39, 0.29) is 11.6 Å². The quantitative estimate of drug-likeness (QED) is 0.773. The van der Waals surface area contributed by atoms with Crippen LogP contribution in [0.1, 0.15) is 37.0 Å². The van der Waals surface area contributed by atoms with Gasteiger partial charge in [0.15, 0.2) is 0 Å². The van der Waals surface area contributed by atoms with Gasteiger partial charge in [-0.15, -0.1) is 0 Å². The molecule has 4 nitrogen and oxygen atoms in total. The summed E-state index contributed by atoms with van der Waals surface area (Å²) in [6.45, 7) is 4.09. The SMILES string of the molecule is CCC1(CC)NC(=O)c2cccnc2N1. The van der Waals surface area contributed by atoms with Crippen molar-refractivity contribution >= 4 is 11.7 Å². The Morgan fingerprint density at radius 2 is 2.07 bits per heavy atom. The van der Waals surface area contributed by atoms with Gasteiger partial charge in [-0.3, -0.25) is 4.79 Å². The first-order chi connectivity index (χ1) is 7.21. The first kappa shape index (κ1) is 9.96. The van der Waals surface area contributed by atoms with Gasteiger partial charge < -0.3 is 10.6 Å². The molecule has 0 saturated heterocycles. The maximum Gasteiger partial charge on any atom is 0.256 e. The molecule has 0 spiro atoms. The van der Waals surface area contributed by atoms with Crippen molar-refractivity contribution in [1.82, 2.24) is 10.3 Å². The zero-order valence-corrected chi connectivity index (χ0v) is 9.00. The molecule has 0 aromatic carbocycles. The molecule has 0 saturated carbocycles. The molecule has 2 heterocycles. The first-order valence-electron chi connectivity index (χ1n) is 5.26. The van der Waals surface area contributed by atoms with Crippen LogP contribution < -0.4 is 10.6 Å². The van der Waals surface area contributed by atoms with Gasteiger partial charge in [0.1, 0.15) is 11.5 Å². The number of anilines is 1. The molecule has 4 heteroatoms. The van der Waals surface area contributed by atoms with Gasteiger partial charge in [0.05, 0.1) is 5.56 Å². The van der Waals surface area contributed by atoms with Gasteiger partial charge in [-0.25, -0.2) is 4.98 Å². The average molecular weight is 205 g/mol. The fraction of sp³-hybridized carbons (Fsp3) is 0.455. The number of nitrogens with zero attached hydrogens (tertiary/aromatic N) is 1. The molecule has 2 N–H and O–H groups in total. The third-order valence-electron chi connectivity index (χ3n) is 2.97. The van der Waals surface area contributed by atoms with Gasteiger partial charge in [-0.2, -0.15) is 0 Å². The van der Waals surface area contributed by atoms with Crippen LogP contribution in [-0.2, 0) is 0 Å². The largest absolute Gasteiger partial charge is 0.347 e. The summed E-state index contributed by atoms with van der Waals surface area (Å²) in [5.41, 5.74) is 0.286. The lowest BCUT2D eigenvalue weighted by Gasteiger charge is -2.38. The van der Waals surface area contributed by atoms with E-state index in [4.69, 9.17) is 0 Å². The zero-order chi connectivity index (χ0) is 10.9. The van der Waals surface area contributed by atoms with Gasteiger partial charge in [0.25, 0.3) is 5.91 Å². The van der Waals surface area contributed by atoms with Crippen LogP contribution in [0.3, 0.4) is 0 Å². The topological polar surface area (TPSA) is 54.0 Å². The number of aromatic nitrogens is 1. The summed E-state index contributed by atoms with van der Waals surface area (Å²) in [5, 5.41) is 6.29. The summed E-state index contributed by atoms with van der Waals surface area (Å²) in [5.74, 6) is 0.644. The minimum absolute atomic E-state index is 0.0412. The summed E-state index contributed by atoms with van der Waals surface area (Å²) in [6, 6.07) is 3.55. The van der Waals surface area contributed by atoms with Crippen molar-refractivity contribution in [3.8, 4) is 0 Å². The zero-order valence-electron chi connectivity index (χ0n) is 9.00. The minimum Gasteiger partial charge on any atom is -0.347 e. The van der Waals surface area contributed by atoms with E-state index >= 15 is 0 Å². The van der Waals surface area contributed by atoms with Gasteiger partial charge in [0, 0.05) is 6.20 Å². The van der Waals surface area contributed by atoms with Crippen LogP contribution in [0.2, 0.25) is 0 Å². The fourth-order valence-corrected chi connectivity index (χ4v) is 1.83. The van der Waals surface area contributed by atoms with Gasteiger partial charge in [-0.1, -0.05) is 13.8 Å². The molecule has 1 aromatic rings. The second kappa shape index (κ2) is 3.53. The molecule has 0 aliphatic carbocycles. The van der Waals surface area contributed by atoms with Gasteiger partial charge >= 0.3 is 0 Å². The molecule has 0 radical (unpaired) electrons. The van der Waals surface area contributed by atoms with Crippen molar-refractivity contribution in [3.05, 3.63) is 23.9 Å². The van der Waals surface area contributed by atoms with Crippen molar-refractivity contribution in [2.75, 3.05) is 5.32 Å². The maximum absolute atomic E-state index is 11.8. The highest BCUT2D eigenvalue weighted by atomic mass is 16.2. The van der Waals surface area contributed by atoms with Crippen LogP contribution in [0.5, 0.6) is 0 Å². The summed E-state index contributed by atoms with van der Waals surface area (Å²) in [4.78, 5) is 16.0. The number of carbonyl (C=O) groups excluding carboxylic acids is 1. The molecule has 0 bridgehead atoms. The Hall–Kier alpha value is -1.58. The van der Waals surface area contributed by atoms with Crippen molar-refractivity contribution in [2.24, 2.45) is 0 Å². The van der Waals surface area contributed by atoms with Crippen molar-refractivity contribution in [1.29, 1.82) is 0 Å². The van der Waals surface area contributed by atoms with Crippen LogP contribution in [0, 0.1) is 0 Å². The summed E-state index contributed by atoms with van der Waals surface area (Å²) in [7, 11) is 0. The lowest BCUT2D eigenvalue weighted by Crippen LogP contribution is -2.57. The molecule has 1 aromatic heterocycles. The van der Waals surface area contributed by atoms with Crippen LogP contribution in [0.15, 0.2) is 18.3 Å². The number of amides is 1. The smallest absolute Gasteiger partial charge is 0.256 e. The molecule has 80 valence electrons. The highest BCUT2D eigenvalue weighted by Crippen LogP contribution is 2.26. The third kappa shape index (κ3) is 1.56. The predicted octanol–water partition coefficient (Wildman–Crippen LogP) is 1.75. The Kier molecular flexibility index (Phi) is 2.34. The van der Waals surface area contributed by atoms with Crippen LogP contribution in [-0.4, -0.2) is 16.6 Å². The van der Waals surface area contributed by atoms with E-state index in [9.17, 15) is 4.79 Å². The number of carbonyl (C=O) groups is 1. The average Bonchev–Trinajstić information content (AvgIpc) is 2.29. The molecule has 1 amide bonds. The molecular weight excluding hydrogens is 190 g/mol. The Balaban J connectivity index is 2.41. The highest BCUT2D eigenvalue weighted by molar-refractivity contribution is 6.01. The van der Waals surface area contributed by atoms with Crippen molar-refractivity contribution in [2.45, 2.75) is 32.4 Å². The third-order valence-corrected chi connectivity index (χ3v) is 2.97. The second-order valence-corrected chi connectivity index (χ2v) is 3.77. The monoisotopic (exact) mass is 205 g/mol. The first-order valence-corrected chi connectivity index (χ1v) is 5.26. The Morgan fingerprint density at radius 3 is 2.73 bits per heavy atom. The van der Waals surface area contributed by atoms with Crippen LogP contribution in [0.4, 0.5) is 5.82 Å². The number of rotatable bonds is 2. The van der Waals surface area contributed by atoms with E-state index in [0.717, 1.165) is 12.8 Å². The van der Waals surface area contributed by atoms with Crippen LogP contribution in [0.25, 0.3) is 0 Å². The lowest BCUT2D eigenvalue weighted by molar-refractivity contribution is 0.0894. The summed E-state index contributed by atoms with van der Waals surface area (Å²) < 4.78 is 0. The molecule has 15 heavy (non-hydrogen) atoms. The lowest BCUT2D eigenvalue weighted by atomic mass is 9.99. The molecule has 1 aliphatic heterocycles. The van der Waals surface area contributed by atoms with Crippen LogP contribution >= 0.6 is 0 Å². The summed E-state index contributed by atoms with van der Waals surface area (Å²) in [6.07, 6.45) is 3.37. The summed E-state index contributed by atoms with van der Waals surface area (Å²) >= 11 is 0. The predicted molar refractivity (Wildman–Crippen MR) is 58.6 cm³/mol. The number of pyridine rings is 1. The normalized spacial score (nSPS) is 17.6. The number of fused-ring (bicyclic) bond motifs is 1. The van der Waals surface area contributed by atoms with E-state index in [0.29, 0.717) is 11.4 Å². The van der Waals surface area contributed by atoms with Gasteiger partial charge in [-0.05, 0) is 25.0 Å². The number of nitrogens with one attached hydrogen (secondary N) is 2. The molecule has 0 unspecified atom stereocenters. The molecule has 2 rings (SSSR count). The van der Waals surface area contributed by atoms with E-state index in [2.05, 4.69) is 15.6 Å². The second-order valence-electron chi connectivity index (χ2n) is 3.77. The Labute approximate surface area is 89.1 Å². The molecular formula is C11H15N3O. The van der Waals surface area contributed by atoms with E-state index in [1.54, 1.807) is 18.3 Å². The molecule has 0 atom stereocenters. The van der Waals surface area contributed by atoms with E-state index in [1.165, 1.54) is 0 Å². The van der Waals surface area contributed by atoms with Crippen molar-refractivity contribution < 1.29 is 4.79 Å². The number of hydrogen-bond acceptors (Lipinski definition) is 3. The van der Waals surface area contributed by atoms with Gasteiger partial charge in [0.2, 0.25) is 0 Å². The fourth-order valence-electron chi connectivity index (χ4n) is 1.83. The van der Waals surface area contributed by atoms with E-state index in [1.807, 2.05) is 13.8 Å². The number of hydrogen-bond donors (Lipinski definition) is 2. The van der Waals surface area contributed by atoms with E-state index < -0.39 is 0 Å². The van der Waals surface area contributed by atoms with Crippen molar-refractivity contribution in [3.63, 3.8) is 0 Å². The standard InChI is InChI=1S/C11H15N3O/c1-3-11(4-2)13-9-8(10(15)14-11)6-5-7-12-9/h5-7H,3-4H2,1-2H3,(H,12,13)(H,14,15). The Bertz CT molecular complexity index is 385. The maximum atomic E-state index is 11.8. The molecule has 0 fully saturated rings. The Morgan fingerprint density at radius 1 is 1.33 bits per heavy atom. The molecule has 1 aliphatic rings. The minimum atomic E-state index is -0.335. The highest BCUT2D eigenvalue weighted by Gasteiger charge is 2.34.